The summed E-state index contributed by atoms with van der Waals surface area (Å²) in [5.41, 5.74) is 0. The summed E-state index contributed by atoms with van der Waals surface area (Å²) in [7, 11) is 1.56. The molecule has 0 radical (unpaired) electrons. The Labute approximate surface area is 126 Å². The van der Waals surface area contributed by atoms with Crippen LogP contribution in [-0.2, 0) is 9.53 Å². The molecule has 0 spiro atoms. The second-order valence-electron chi connectivity index (χ2n) is 6.04. The van der Waals surface area contributed by atoms with Crippen molar-refractivity contribution in [3.05, 3.63) is 0 Å². The fourth-order valence-electron chi connectivity index (χ4n) is 3.65. The van der Waals surface area contributed by atoms with Crippen molar-refractivity contribution in [2.24, 2.45) is 5.92 Å². The van der Waals surface area contributed by atoms with Crippen molar-refractivity contribution in [3.8, 4) is 0 Å². The molecule has 21 heavy (non-hydrogen) atoms. The maximum Gasteiger partial charge on any atom is 0.323 e. The molecule has 1 aliphatic heterocycles. The summed E-state index contributed by atoms with van der Waals surface area (Å²) in [4.78, 5) is 27.0. The van der Waals surface area contributed by atoms with Crippen molar-refractivity contribution < 1.29 is 19.4 Å². The highest BCUT2D eigenvalue weighted by Gasteiger charge is 2.37. The number of rotatable bonds is 5. The van der Waals surface area contributed by atoms with E-state index < -0.39 is 5.97 Å². The molecular formula is C15H26N2O4. The van der Waals surface area contributed by atoms with Crippen LogP contribution in [0.3, 0.4) is 0 Å². The highest BCUT2D eigenvalue weighted by molar-refractivity contribution is 5.80. The molecule has 0 aromatic rings. The first-order valence-electron chi connectivity index (χ1n) is 7.89. The second kappa shape index (κ2) is 7.64. The van der Waals surface area contributed by atoms with Gasteiger partial charge in [0.2, 0.25) is 0 Å². The van der Waals surface area contributed by atoms with Crippen molar-refractivity contribution in [1.29, 1.82) is 0 Å². The zero-order chi connectivity index (χ0) is 15.2. The van der Waals surface area contributed by atoms with Gasteiger partial charge >= 0.3 is 12.0 Å². The average molecular weight is 298 g/mol. The molecule has 2 fully saturated rings. The molecule has 2 atom stereocenters. The molecule has 2 rings (SSSR count). The lowest BCUT2D eigenvalue weighted by molar-refractivity contribution is -0.138. The summed E-state index contributed by atoms with van der Waals surface area (Å²) in [6, 6.07) is 0.171. The van der Waals surface area contributed by atoms with Crippen molar-refractivity contribution in [1.82, 2.24) is 9.80 Å². The Morgan fingerprint density at radius 3 is 2.67 bits per heavy atom. The molecule has 1 heterocycles. The summed E-state index contributed by atoms with van der Waals surface area (Å²) in [5.74, 6) is -0.373. The van der Waals surface area contributed by atoms with Crippen LogP contribution in [0.5, 0.6) is 0 Å². The van der Waals surface area contributed by atoms with Crippen LogP contribution < -0.4 is 0 Å². The number of carboxylic acid groups (broad SMARTS) is 1. The maximum absolute atomic E-state index is 12.7. The number of fused-ring (bicyclic) bond motifs is 1. The van der Waals surface area contributed by atoms with Gasteiger partial charge in [0, 0.05) is 26.2 Å². The first kappa shape index (κ1) is 16.1. The number of amides is 2. The normalized spacial score (nSPS) is 25.3. The number of methoxy groups -OCH3 is 1. The fraction of sp³-hybridized carbons (Fsp3) is 0.867. The van der Waals surface area contributed by atoms with Crippen LogP contribution in [0.25, 0.3) is 0 Å². The van der Waals surface area contributed by atoms with Gasteiger partial charge in [-0.2, -0.15) is 0 Å². The van der Waals surface area contributed by atoms with Crippen molar-refractivity contribution in [2.45, 2.75) is 44.6 Å². The molecule has 1 saturated heterocycles. The molecule has 120 valence electrons. The number of ether oxygens (including phenoxy) is 1. The summed E-state index contributed by atoms with van der Waals surface area (Å²) in [6.07, 6.45) is 6.91. The third-order valence-corrected chi connectivity index (χ3v) is 4.65. The van der Waals surface area contributed by atoms with E-state index in [2.05, 4.69) is 0 Å². The minimum atomic E-state index is -0.975. The first-order chi connectivity index (χ1) is 10.1. The molecular weight excluding hydrogens is 272 g/mol. The summed E-state index contributed by atoms with van der Waals surface area (Å²) in [6.45, 7) is 1.19. The van der Waals surface area contributed by atoms with E-state index >= 15 is 0 Å². The van der Waals surface area contributed by atoms with Gasteiger partial charge in [0.25, 0.3) is 0 Å². The van der Waals surface area contributed by atoms with Crippen LogP contribution >= 0.6 is 0 Å². The minimum absolute atomic E-state index is 0.133. The third kappa shape index (κ3) is 4.09. The van der Waals surface area contributed by atoms with E-state index in [-0.39, 0.29) is 12.6 Å². The van der Waals surface area contributed by atoms with Crippen LogP contribution in [0.2, 0.25) is 0 Å². The Kier molecular flexibility index (Phi) is 5.85. The number of hydrogen-bond donors (Lipinski definition) is 1. The number of hydrogen-bond acceptors (Lipinski definition) is 3. The van der Waals surface area contributed by atoms with Gasteiger partial charge in [0.1, 0.15) is 6.54 Å². The van der Waals surface area contributed by atoms with E-state index in [4.69, 9.17) is 9.84 Å². The van der Waals surface area contributed by atoms with Gasteiger partial charge in [-0.1, -0.05) is 12.8 Å². The van der Waals surface area contributed by atoms with E-state index in [1.165, 1.54) is 30.6 Å². The quantitative estimate of drug-likeness (QED) is 0.840. The SMILES string of the molecule is COCCN(CC(=O)O)C(=O)N1CCCC2CCCCC21. The van der Waals surface area contributed by atoms with Gasteiger partial charge < -0.3 is 19.6 Å². The van der Waals surface area contributed by atoms with E-state index in [1.807, 2.05) is 4.90 Å². The van der Waals surface area contributed by atoms with E-state index in [1.54, 1.807) is 7.11 Å². The largest absolute Gasteiger partial charge is 0.480 e. The minimum Gasteiger partial charge on any atom is -0.480 e. The van der Waals surface area contributed by atoms with Crippen LogP contribution in [-0.4, -0.2) is 66.3 Å². The lowest BCUT2D eigenvalue weighted by Crippen LogP contribution is -2.55. The number of carbonyl (C=O) groups excluding carboxylic acids is 1. The topological polar surface area (TPSA) is 70.1 Å². The smallest absolute Gasteiger partial charge is 0.323 e. The molecule has 0 bridgehead atoms. The van der Waals surface area contributed by atoms with Crippen molar-refractivity contribution >= 4 is 12.0 Å². The molecule has 1 aliphatic carbocycles. The van der Waals surface area contributed by atoms with Crippen LogP contribution in [0, 0.1) is 5.92 Å². The molecule has 0 aromatic heterocycles. The van der Waals surface area contributed by atoms with Crippen LogP contribution in [0.1, 0.15) is 38.5 Å². The van der Waals surface area contributed by atoms with Crippen LogP contribution in [0.4, 0.5) is 4.79 Å². The average Bonchev–Trinajstić information content (AvgIpc) is 2.50. The Hall–Kier alpha value is -1.30. The summed E-state index contributed by atoms with van der Waals surface area (Å²) in [5, 5.41) is 9.01. The number of urea groups is 1. The lowest BCUT2D eigenvalue weighted by atomic mass is 9.78. The first-order valence-corrected chi connectivity index (χ1v) is 7.89. The van der Waals surface area contributed by atoms with Gasteiger partial charge in [0.15, 0.2) is 0 Å². The number of likely N-dealkylation sites (tertiary alicyclic amines) is 1. The van der Waals surface area contributed by atoms with E-state index in [0.717, 1.165) is 19.4 Å². The Balaban J connectivity index is 2.04. The predicted molar refractivity (Wildman–Crippen MR) is 78.2 cm³/mol. The van der Waals surface area contributed by atoms with Gasteiger partial charge in [0.05, 0.1) is 6.61 Å². The number of carboxylic acids is 1. The zero-order valence-electron chi connectivity index (χ0n) is 12.8. The molecule has 2 unspecified atom stereocenters. The Morgan fingerprint density at radius 2 is 1.95 bits per heavy atom. The number of aliphatic carboxylic acids is 1. The monoisotopic (exact) mass is 298 g/mol. The number of piperidine rings is 1. The molecule has 6 heteroatoms. The number of carbonyl (C=O) groups is 2. The molecule has 2 amide bonds. The molecule has 2 aliphatic rings. The third-order valence-electron chi connectivity index (χ3n) is 4.65. The van der Waals surface area contributed by atoms with E-state index in [0.29, 0.717) is 25.1 Å². The van der Waals surface area contributed by atoms with Crippen molar-refractivity contribution in [3.63, 3.8) is 0 Å². The molecule has 1 N–H and O–H groups in total. The van der Waals surface area contributed by atoms with Gasteiger partial charge in [-0.25, -0.2) is 4.79 Å². The summed E-state index contributed by atoms with van der Waals surface area (Å²) < 4.78 is 4.99. The van der Waals surface area contributed by atoms with Gasteiger partial charge in [-0.15, -0.1) is 0 Å². The standard InChI is InChI=1S/C15H26N2O4/c1-21-10-9-16(11-14(18)19)15(20)17-8-4-6-12-5-2-3-7-13(12)17/h12-13H,2-11H2,1H3,(H,18,19). The highest BCUT2D eigenvalue weighted by Crippen LogP contribution is 2.35. The highest BCUT2D eigenvalue weighted by atomic mass is 16.5. The molecule has 6 nitrogen and oxygen atoms in total. The number of nitrogens with zero attached hydrogens (tertiary/aromatic N) is 2. The lowest BCUT2D eigenvalue weighted by Gasteiger charge is -2.45. The summed E-state index contributed by atoms with van der Waals surface area (Å²) >= 11 is 0. The molecule has 0 aromatic carbocycles. The van der Waals surface area contributed by atoms with Gasteiger partial charge in [-0.05, 0) is 31.6 Å². The maximum atomic E-state index is 12.7. The predicted octanol–water partition coefficient (Wildman–Crippen LogP) is 1.79. The van der Waals surface area contributed by atoms with Crippen molar-refractivity contribution in [2.75, 3.05) is 33.4 Å². The Morgan fingerprint density at radius 1 is 1.24 bits per heavy atom. The second-order valence-corrected chi connectivity index (χ2v) is 6.04. The van der Waals surface area contributed by atoms with Gasteiger partial charge in [-0.3, -0.25) is 4.79 Å². The van der Waals surface area contributed by atoms with E-state index in [9.17, 15) is 9.59 Å². The molecule has 1 saturated carbocycles. The Bertz CT molecular complexity index is 373. The fourth-order valence-corrected chi connectivity index (χ4v) is 3.65. The van der Waals surface area contributed by atoms with Crippen LogP contribution in [0.15, 0.2) is 0 Å². The zero-order valence-corrected chi connectivity index (χ0v) is 12.8.